The molecule has 4 bridgehead atoms. The number of rotatable bonds is 4. The van der Waals surface area contributed by atoms with Gasteiger partial charge in [0.25, 0.3) is 0 Å². The molecular weight excluding hydrogens is 320 g/mol. The number of benzene rings is 1. The number of piperidine rings is 1. The number of nitrogens with zero attached hydrogens (tertiary/aromatic N) is 1. The maximum atomic E-state index is 13.1. The number of amides is 1. The summed E-state index contributed by atoms with van der Waals surface area (Å²) in [4.78, 5) is 15.5. The third-order valence-electron chi connectivity index (χ3n) is 7.66. The lowest BCUT2D eigenvalue weighted by atomic mass is 9.54. The van der Waals surface area contributed by atoms with Crippen LogP contribution in [0.3, 0.4) is 0 Å². The zero-order valence-electron chi connectivity index (χ0n) is 15.8. The van der Waals surface area contributed by atoms with Gasteiger partial charge in [-0.1, -0.05) is 30.3 Å². The van der Waals surface area contributed by atoms with Gasteiger partial charge in [-0.3, -0.25) is 9.69 Å². The van der Waals surface area contributed by atoms with E-state index in [1.54, 1.807) is 0 Å². The lowest BCUT2D eigenvalue weighted by molar-refractivity contribution is -0.130. The number of likely N-dealkylation sites (tertiary alicyclic amines) is 1. The molecule has 1 aliphatic heterocycles. The molecule has 5 aliphatic rings. The smallest absolute Gasteiger partial charge is 0.224 e. The zero-order valence-corrected chi connectivity index (χ0v) is 15.8. The fourth-order valence-corrected chi connectivity index (χ4v) is 6.70. The molecule has 3 heteroatoms. The van der Waals surface area contributed by atoms with Gasteiger partial charge < -0.3 is 5.32 Å². The first kappa shape index (κ1) is 16.8. The fourth-order valence-electron chi connectivity index (χ4n) is 6.70. The molecule has 1 amide bonds. The van der Waals surface area contributed by atoms with Gasteiger partial charge in [-0.15, -0.1) is 0 Å². The summed E-state index contributed by atoms with van der Waals surface area (Å²) >= 11 is 0. The quantitative estimate of drug-likeness (QED) is 0.893. The lowest BCUT2D eigenvalue weighted by Gasteiger charge is -2.54. The second-order valence-electron chi connectivity index (χ2n) is 9.52. The first-order valence-corrected chi connectivity index (χ1v) is 10.8. The van der Waals surface area contributed by atoms with E-state index in [0.717, 1.165) is 56.1 Å². The lowest BCUT2D eigenvalue weighted by Crippen LogP contribution is -2.57. The van der Waals surface area contributed by atoms with Crippen LogP contribution < -0.4 is 5.32 Å². The summed E-state index contributed by atoms with van der Waals surface area (Å²) in [6.45, 7) is 3.02. The molecule has 0 radical (unpaired) electrons. The van der Waals surface area contributed by atoms with E-state index in [9.17, 15) is 4.79 Å². The van der Waals surface area contributed by atoms with Gasteiger partial charge in [0.1, 0.15) is 0 Å². The molecule has 1 N–H and O–H groups in total. The molecule has 1 heterocycles. The third kappa shape index (κ3) is 3.31. The van der Waals surface area contributed by atoms with Crippen molar-refractivity contribution in [1.29, 1.82) is 0 Å². The number of hydrogen-bond donors (Lipinski definition) is 1. The molecule has 1 aromatic carbocycles. The summed E-state index contributed by atoms with van der Waals surface area (Å²) in [7, 11) is 0. The molecule has 1 atom stereocenters. The molecule has 6 rings (SSSR count). The Morgan fingerprint density at radius 3 is 2.38 bits per heavy atom. The summed E-state index contributed by atoms with van der Waals surface area (Å²) in [5, 5.41) is 3.55. The summed E-state index contributed by atoms with van der Waals surface area (Å²) < 4.78 is 0. The van der Waals surface area contributed by atoms with E-state index < -0.39 is 0 Å². The molecule has 1 aromatic rings. The Balaban J connectivity index is 1.19. The Bertz CT molecular complexity index is 615. The number of hydrogen-bond acceptors (Lipinski definition) is 2. The van der Waals surface area contributed by atoms with E-state index in [1.807, 2.05) is 0 Å². The molecule has 26 heavy (non-hydrogen) atoms. The van der Waals surface area contributed by atoms with Crippen LogP contribution in [0.4, 0.5) is 0 Å². The van der Waals surface area contributed by atoms with Crippen molar-refractivity contribution in [2.45, 2.75) is 57.5 Å². The number of carbonyl (C=O) groups is 1. The van der Waals surface area contributed by atoms with Gasteiger partial charge >= 0.3 is 0 Å². The van der Waals surface area contributed by atoms with Crippen molar-refractivity contribution in [3.63, 3.8) is 0 Å². The van der Waals surface area contributed by atoms with Crippen LogP contribution >= 0.6 is 0 Å². The topological polar surface area (TPSA) is 32.3 Å². The molecule has 140 valence electrons. The maximum absolute atomic E-state index is 13.1. The maximum Gasteiger partial charge on any atom is 0.224 e. The van der Waals surface area contributed by atoms with Crippen LogP contribution in [0.1, 0.15) is 50.5 Å². The minimum atomic E-state index is 0.185. The highest BCUT2D eigenvalue weighted by atomic mass is 16.2. The summed E-state index contributed by atoms with van der Waals surface area (Å²) in [5.74, 6) is 4.03. The normalized spacial score (nSPS) is 39.1. The zero-order chi connectivity index (χ0) is 17.5. The van der Waals surface area contributed by atoms with E-state index >= 15 is 0 Å². The first-order chi connectivity index (χ1) is 12.7. The van der Waals surface area contributed by atoms with E-state index in [-0.39, 0.29) is 5.92 Å². The molecule has 0 aromatic heterocycles. The highest BCUT2D eigenvalue weighted by molar-refractivity contribution is 5.79. The highest BCUT2D eigenvalue weighted by Crippen LogP contribution is 2.53. The molecule has 1 saturated heterocycles. The summed E-state index contributed by atoms with van der Waals surface area (Å²) in [6, 6.07) is 11.2. The third-order valence-corrected chi connectivity index (χ3v) is 7.66. The van der Waals surface area contributed by atoms with Crippen LogP contribution in [0.5, 0.6) is 0 Å². The van der Waals surface area contributed by atoms with Gasteiger partial charge in [-0.05, 0) is 80.7 Å². The van der Waals surface area contributed by atoms with E-state index in [1.165, 1.54) is 37.7 Å². The molecule has 4 saturated carbocycles. The Morgan fingerprint density at radius 2 is 1.69 bits per heavy atom. The molecule has 1 unspecified atom stereocenters. The van der Waals surface area contributed by atoms with Crippen molar-refractivity contribution in [2.75, 3.05) is 13.1 Å². The van der Waals surface area contributed by atoms with Crippen molar-refractivity contribution in [3.8, 4) is 0 Å². The van der Waals surface area contributed by atoms with Crippen molar-refractivity contribution in [1.82, 2.24) is 10.2 Å². The van der Waals surface area contributed by atoms with Crippen LogP contribution in [0.25, 0.3) is 0 Å². The number of nitrogens with one attached hydrogen (secondary N) is 1. The Labute approximate surface area is 157 Å². The molecule has 0 spiro atoms. The Hall–Kier alpha value is -1.35. The monoisotopic (exact) mass is 352 g/mol. The molecule has 4 aliphatic carbocycles. The SMILES string of the molecule is O=C(NC1C2CC3CC(C2)CC1C3)C1CCCN(Cc2ccccc2)C1. The predicted molar refractivity (Wildman–Crippen MR) is 103 cm³/mol. The Morgan fingerprint density at radius 1 is 1.00 bits per heavy atom. The van der Waals surface area contributed by atoms with Gasteiger partial charge in [0.05, 0.1) is 5.92 Å². The Kier molecular flexibility index (Phi) is 4.52. The van der Waals surface area contributed by atoms with E-state index in [2.05, 4.69) is 40.5 Å². The highest BCUT2D eigenvalue weighted by Gasteiger charge is 2.48. The molecule has 3 nitrogen and oxygen atoms in total. The van der Waals surface area contributed by atoms with Crippen molar-refractivity contribution >= 4 is 5.91 Å². The summed E-state index contributed by atoms with van der Waals surface area (Å²) in [5.41, 5.74) is 1.36. The molecular formula is C23H32N2O. The van der Waals surface area contributed by atoms with Gasteiger partial charge in [-0.2, -0.15) is 0 Å². The van der Waals surface area contributed by atoms with E-state index in [4.69, 9.17) is 0 Å². The van der Waals surface area contributed by atoms with Crippen molar-refractivity contribution < 1.29 is 4.79 Å². The largest absolute Gasteiger partial charge is 0.353 e. The van der Waals surface area contributed by atoms with Crippen LogP contribution in [0.15, 0.2) is 30.3 Å². The second-order valence-corrected chi connectivity index (χ2v) is 9.52. The van der Waals surface area contributed by atoms with Crippen LogP contribution in [0, 0.1) is 29.6 Å². The second kappa shape index (κ2) is 6.99. The van der Waals surface area contributed by atoms with Gasteiger partial charge in [-0.25, -0.2) is 0 Å². The fraction of sp³-hybridized carbons (Fsp3) is 0.696. The van der Waals surface area contributed by atoms with Crippen LogP contribution in [0.2, 0.25) is 0 Å². The predicted octanol–water partition coefficient (Wildman–Crippen LogP) is 3.84. The minimum absolute atomic E-state index is 0.185. The standard InChI is InChI=1S/C23H32N2O/c26-23(24-22-20-10-17-9-18(12-20)13-21(22)11-17)19-7-4-8-25(15-19)14-16-5-2-1-3-6-16/h1-3,5-6,17-22H,4,7-15H2,(H,24,26). The van der Waals surface area contributed by atoms with Crippen molar-refractivity contribution in [2.24, 2.45) is 29.6 Å². The first-order valence-electron chi connectivity index (χ1n) is 10.8. The average Bonchev–Trinajstić information content (AvgIpc) is 2.65. The van der Waals surface area contributed by atoms with Crippen molar-refractivity contribution in [3.05, 3.63) is 35.9 Å². The summed E-state index contributed by atoms with van der Waals surface area (Å²) in [6.07, 6.45) is 9.19. The number of carbonyl (C=O) groups excluding carboxylic acids is 1. The average molecular weight is 353 g/mol. The van der Waals surface area contributed by atoms with Gasteiger partial charge in [0.15, 0.2) is 0 Å². The van der Waals surface area contributed by atoms with Gasteiger partial charge in [0, 0.05) is 19.1 Å². The van der Waals surface area contributed by atoms with Crippen LogP contribution in [-0.2, 0) is 11.3 Å². The van der Waals surface area contributed by atoms with Crippen LogP contribution in [-0.4, -0.2) is 29.9 Å². The van der Waals surface area contributed by atoms with Gasteiger partial charge in [0.2, 0.25) is 5.91 Å². The molecule has 5 fully saturated rings. The minimum Gasteiger partial charge on any atom is -0.353 e. The van der Waals surface area contributed by atoms with E-state index in [0.29, 0.717) is 11.9 Å².